The number of hydrogen-bond donors (Lipinski definition) is 0. The summed E-state index contributed by atoms with van der Waals surface area (Å²) in [5, 5.41) is 7.60. The quantitative estimate of drug-likeness (QED) is 0.161. The lowest BCUT2D eigenvalue weighted by atomic mass is 9.93. The molecule has 0 saturated heterocycles. The van der Waals surface area contributed by atoms with Crippen LogP contribution in [-0.4, -0.2) is 4.57 Å². The molecule has 0 aliphatic carbocycles. The van der Waals surface area contributed by atoms with Crippen molar-refractivity contribution >= 4 is 60.4 Å². The molecule has 0 saturated carbocycles. The monoisotopic (exact) mass is 662 g/mol. The number of nitrogens with zero attached hydrogens (tertiary/aromatic N) is 2. The van der Waals surface area contributed by atoms with Gasteiger partial charge in [0.15, 0.2) is 0 Å². The molecule has 0 spiro atoms. The van der Waals surface area contributed by atoms with Gasteiger partial charge in [0.2, 0.25) is 0 Å². The molecule has 1 aromatic heterocycles. The van der Waals surface area contributed by atoms with Crippen molar-refractivity contribution in [1.29, 1.82) is 0 Å². The van der Waals surface area contributed by atoms with Crippen LogP contribution >= 0.6 is 0 Å². The molecule has 0 aliphatic heterocycles. The summed E-state index contributed by atoms with van der Waals surface area (Å²) < 4.78 is 2.39. The normalized spacial score (nSPS) is 11.5. The average Bonchev–Trinajstić information content (AvgIpc) is 3.56. The van der Waals surface area contributed by atoms with Gasteiger partial charge in [0, 0.05) is 33.5 Å². The Labute approximate surface area is 303 Å². The van der Waals surface area contributed by atoms with Gasteiger partial charge in [-0.2, -0.15) is 0 Å². The van der Waals surface area contributed by atoms with Gasteiger partial charge in [-0.25, -0.2) is 0 Å². The zero-order chi connectivity index (χ0) is 34.4. The molecule has 0 N–H and O–H groups in total. The molecule has 2 nitrogen and oxygen atoms in total. The molecule has 0 fully saturated rings. The van der Waals surface area contributed by atoms with Crippen LogP contribution in [0.2, 0.25) is 0 Å². The van der Waals surface area contributed by atoms with E-state index in [0.717, 1.165) is 22.7 Å². The highest BCUT2D eigenvalue weighted by Crippen LogP contribution is 2.41. The van der Waals surface area contributed by atoms with Crippen molar-refractivity contribution in [3.63, 3.8) is 0 Å². The minimum absolute atomic E-state index is 1.09. The van der Waals surface area contributed by atoms with Gasteiger partial charge in [-0.05, 0) is 104 Å². The maximum Gasteiger partial charge on any atom is 0.0541 e. The maximum atomic E-state index is 2.39. The Morgan fingerprint density at radius 1 is 0.308 bits per heavy atom. The number of anilines is 3. The lowest BCUT2D eigenvalue weighted by Crippen LogP contribution is -2.10. The van der Waals surface area contributed by atoms with Gasteiger partial charge in [-0.15, -0.1) is 0 Å². The lowest BCUT2D eigenvalue weighted by Gasteiger charge is -2.27. The fraction of sp³-hybridized carbons (Fsp3) is 0. The summed E-state index contributed by atoms with van der Waals surface area (Å²) in [6.45, 7) is 0. The number of rotatable bonds is 6. The van der Waals surface area contributed by atoms with Gasteiger partial charge in [-0.3, -0.25) is 0 Å². The number of aromatic nitrogens is 1. The maximum absolute atomic E-state index is 2.39. The number of benzene rings is 9. The second-order valence-corrected chi connectivity index (χ2v) is 13.4. The molecule has 0 atom stereocenters. The van der Waals surface area contributed by atoms with Crippen molar-refractivity contribution in [2.45, 2.75) is 0 Å². The fourth-order valence-corrected chi connectivity index (χ4v) is 7.94. The SMILES string of the molecule is c1ccc(-c2ccc(N(c3ccc(-c4cc5ccccc5c5ccccc45)cc3)c3cccc(-n4c5ccccc5c5ccccc54)c3)cc2)cc1. The fourth-order valence-electron chi connectivity index (χ4n) is 7.94. The predicted molar refractivity (Wildman–Crippen MR) is 221 cm³/mol. The van der Waals surface area contributed by atoms with Crippen LogP contribution in [0.4, 0.5) is 17.1 Å². The van der Waals surface area contributed by atoms with E-state index >= 15 is 0 Å². The predicted octanol–water partition coefficient (Wildman–Crippen LogP) is 13.9. The van der Waals surface area contributed by atoms with Crippen molar-refractivity contribution in [2.75, 3.05) is 4.90 Å². The number of para-hydroxylation sites is 2. The van der Waals surface area contributed by atoms with Crippen LogP contribution in [0, 0.1) is 0 Å². The van der Waals surface area contributed by atoms with Crippen LogP contribution in [0.1, 0.15) is 0 Å². The van der Waals surface area contributed by atoms with E-state index in [1.165, 1.54) is 65.6 Å². The highest BCUT2D eigenvalue weighted by Gasteiger charge is 2.17. The largest absolute Gasteiger partial charge is 0.310 e. The van der Waals surface area contributed by atoms with E-state index in [-0.39, 0.29) is 0 Å². The van der Waals surface area contributed by atoms with Crippen LogP contribution in [0.25, 0.3) is 71.3 Å². The smallest absolute Gasteiger partial charge is 0.0541 e. The topological polar surface area (TPSA) is 8.17 Å². The van der Waals surface area contributed by atoms with Crippen molar-refractivity contribution < 1.29 is 0 Å². The summed E-state index contributed by atoms with van der Waals surface area (Å²) in [5.41, 5.74) is 11.7. The Morgan fingerprint density at radius 2 is 0.827 bits per heavy atom. The highest BCUT2D eigenvalue weighted by atomic mass is 15.1. The van der Waals surface area contributed by atoms with E-state index in [4.69, 9.17) is 0 Å². The first-order valence-electron chi connectivity index (χ1n) is 17.9. The molecule has 52 heavy (non-hydrogen) atoms. The van der Waals surface area contributed by atoms with E-state index in [0.29, 0.717) is 0 Å². The molecule has 10 aromatic rings. The zero-order valence-corrected chi connectivity index (χ0v) is 28.5. The van der Waals surface area contributed by atoms with Gasteiger partial charge in [-0.1, -0.05) is 146 Å². The highest BCUT2D eigenvalue weighted by molar-refractivity contribution is 6.14. The van der Waals surface area contributed by atoms with Gasteiger partial charge in [0.1, 0.15) is 0 Å². The first kappa shape index (κ1) is 30.0. The van der Waals surface area contributed by atoms with Crippen LogP contribution in [0.15, 0.2) is 206 Å². The van der Waals surface area contributed by atoms with E-state index in [1.807, 2.05) is 0 Å². The van der Waals surface area contributed by atoms with E-state index in [2.05, 4.69) is 216 Å². The average molecular weight is 663 g/mol. The first-order valence-corrected chi connectivity index (χ1v) is 17.9. The van der Waals surface area contributed by atoms with E-state index in [1.54, 1.807) is 0 Å². The van der Waals surface area contributed by atoms with E-state index < -0.39 is 0 Å². The third-order valence-electron chi connectivity index (χ3n) is 10.4. The molecule has 0 unspecified atom stereocenters. The summed E-state index contributed by atoms with van der Waals surface area (Å²) in [6, 6.07) is 74.6. The van der Waals surface area contributed by atoms with Crippen molar-refractivity contribution in [3.8, 4) is 27.9 Å². The molecule has 9 aromatic carbocycles. The Morgan fingerprint density at radius 3 is 1.50 bits per heavy atom. The van der Waals surface area contributed by atoms with Crippen LogP contribution in [0.3, 0.4) is 0 Å². The third kappa shape index (κ3) is 5.04. The second-order valence-electron chi connectivity index (χ2n) is 13.4. The standard InChI is InChI=1S/C50H34N2/c1-2-13-35(14-3-1)36-25-29-39(30-26-36)51(41-16-12-17-42(34-41)52-49-23-10-8-21-46(49)47-22-9-11-24-50(47)52)40-31-27-37(28-32-40)48-33-38-15-4-5-18-43(38)44-19-6-7-20-45(44)48/h1-34H. The summed E-state index contributed by atoms with van der Waals surface area (Å²) in [6.07, 6.45) is 0. The molecule has 0 amide bonds. The molecule has 1 heterocycles. The molecular weight excluding hydrogens is 629 g/mol. The van der Waals surface area contributed by atoms with E-state index in [9.17, 15) is 0 Å². The zero-order valence-electron chi connectivity index (χ0n) is 28.5. The van der Waals surface area contributed by atoms with Gasteiger partial charge in [0.05, 0.1) is 11.0 Å². The third-order valence-corrected chi connectivity index (χ3v) is 10.4. The summed E-state index contributed by atoms with van der Waals surface area (Å²) in [7, 11) is 0. The van der Waals surface area contributed by atoms with Crippen LogP contribution in [0.5, 0.6) is 0 Å². The summed E-state index contributed by atoms with van der Waals surface area (Å²) >= 11 is 0. The molecule has 0 aliphatic rings. The van der Waals surface area contributed by atoms with Crippen molar-refractivity contribution in [2.24, 2.45) is 0 Å². The van der Waals surface area contributed by atoms with Crippen LogP contribution in [-0.2, 0) is 0 Å². The molecule has 0 bridgehead atoms. The van der Waals surface area contributed by atoms with Crippen LogP contribution < -0.4 is 4.90 Å². The minimum Gasteiger partial charge on any atom is -0.310 e. The van der Waals surface area contributed by atoms with Crippen molar-refractivity contribution in [1.82, 2.24) is 4.57 Å². The molecule has 0 radical (unpaired) electrons. The van der Waals surface area contributed by atoms with Gasteiger partial charge < -0.3 is 9.47 Å². The van der Waals surface area contributed by atoms with Crippen molar-refractivity contribution in [3.05, 3.63) is 206 Å². The Kier molecular flexibility index (Phi) is 7.18. The Balaban J connectivity index is 1.12. The van der Waals surface area contributed by atoms with Gasteiger partial charge >= 0.3 is 0 Å². The Bertz CT molecular complexity index is 2830. The Hall–Kier alpha value is -6.90. The minimum atomic E-state index is 1.09. The molecule has 2 heteroatoms. The molecule has 10 rings (SSSR count). The van der Waals surface area contributed by atoms with Gasteiger partial charge in [0.25, 0.3) is 0 Å². The number of fused-ring (bicyclic) bond motifs is 6. The summed E-state index contributed by atoms with van der Waals surface area (Å²) in [4.78, 5) is 2.37. The molecular formula is C50H34N2. The lowest BCUT2D eigenvalue weighted by molar-refractivity contribution is 1.17. The first-order chi connectivity index (χ1) is 25.8. The summed E-state index contributed by atoms with van der Waals surface area (Å²) in [5.74, 6) is 0. The number of hydrogen-bond acceptors (Lipinski definition) is 1. The molecule has 244 valence electrons. The second kappa shape index (κ2) is 12.5.